The van der Waals surface area contributed by atoms with Crippen molar-refractivity contribution in [2.24, 2.45) is 4.99 Å². The summed E-state index contributed by atoms with van der Waals surface area (Å²) in [5.41, 5.74) is 0.837. The molecule has 0 aliphatic heterocycles. The van der Waals surface area contributed by atoms with E-state index in [4.69, 9.17) is 0 Å². The van der Waals surface area contributed by atoms with E-state index in [1.54, 1.807) is 23.6 Å². The summed E-state index contributed by atoms with van der Waals surface area (Å²) in [5.74, 6) is -0.222. The summed E-state index contributed by atoms with van der Waals surface area (Å²) >= 11 is 1.13. The maximum atomic E-state index is 12.9. The molecule has 0 saturated heterocycles. The average molecular weight is 400 g/mol. The second kappa shape index (κ2) is 9.65. The number of hydrogen-bond donors (Lipinski definition) is 3. The highest BCUT2D eigenvalue weighted by molar-refractivity contribution is 7.93. The van der Waals surface area contributed by atoms with Crippen LogP contribution in [0.4, 0.5) is 4.39 Å². The molecule has 1 heterocycles. The third-order valence-corrected chi connectivity index (χ3v) is 6.68. The monoisotopic (exact) mass is 399 g/mol. The van der Waals surface area contributed by atoms with E-state index in [0.29, 0.717) is 19.0 Å². The van der Waals surface area contributed by atoms with E-state index in [2.05, 4.69) is 15.6 Å². The van der Waals surface area contributed by atoms with Gasteiger partial charge in [0.05, 0.1) is 18.4 Å². The Bertz CT molecular complexity index is 806. The molecule has 0 bridgehead atoms. The van der Waals surface area contributed by atoms with Crippen LogP contribution in [0.2, 0.25) is 0 Å². The summed E-state index contributed by atoms with van der Waals surface area (Å²) in [4.78, 5) is 4.35. The van der Waals surface area contributed by atoms with Crippen LogP contribution in [0.3, 0.4) is 0 Å². The molecule has 1 aromatic heterocycles. The predicted octanol–water partition coefficient (Wildman–Crippen LogP) is 1.78. The number of thiophene rings is 1. The van der Waals surface area contributed by atoms with Gasteiger partial charge in [-0.15, -0.1) is 11.3 Å². The van der Waals surface area contributed by atoms with Crippen molar-refractivity contribution in [3.8, 4) is 0 Å². The first-order valence-electron chi connectivity index (χ1n) is 8.11. The maximum Gasteiger partial charge on any atom is 0.191 e. The van der Waals surface area contributed by atoms with E-state index in [-0.39, 0.29) is 22.3 Å². The van der Waals surface area contributed by atoms with E-state index < -0.39 is 15.9 Å². The van der Waals surface area contributed by atoms with Gasteiger partial charge in [-0.05, 0) is 36.1 Å². The predicted molar refractivity (Wildman–Crippen MR) is 102 cm³/mol. The lowest BCUT2D eigenvalue weighted by Gasteiger charge is -2.15. The molecule has 1 unspecified atom stereocenters. The van der Waals surface area contributed by atoms with Crippen molar-refractivity contribution in [3.05, 3.63) is 53.2 Å². The Labute approximate surface area is 156 Å². The van der Waals surface area contributed by atoms with Crippen molar-refractivity contribution in [1.82, 2.24) is 10.6 Å². The molecule has 142 valence electrons. The van der Waals surface area contributed by atoms with Crippen LogP contribution in [-0.4, -0.2) is 44.4 Å². The Morgan fingerprint density at radius 1 is 1.27 bits per heavy atom. The molecule has 0 aliphatic rings. The van der Waals surface area contributed by atoms with Crippen molar-refractivity contribution < 1.29 is 17.9 Å². The fraction of sp³-hybridized carbons (Fsp3) is 0.353. The van der Waals surface area contributed by atoms with Crippen molar-refractivity contribution >= 4 is 27.1 Å². The lowest BCUT2D eigenvalue weighted by atomic mass is 10.2. The Kier molecular flexibility index (Phi) is 7.55. The zero-order chi connectivity index (χ0) is 19.0. The lowest BCUT2D eigenvalue weighted by molar-refractivity contribution is 0.200. The number of nitrogens with zero attached hydrogens (tertiary/aromatic N) is 1. The average Bonchev–Trinajstić information content (AvgIpc) is 3.14. The molecular formula is C17H22FN3O3S2. The van der Waals surface area contributed by atoms with Gasteiger partial charge in [0.1, 0.15) is 10.0 Å². The van der Waals surface area contributed by atoms with E-state index >= 15 is 0 Å². The summed E-state index contributed by atoms with van der Waals surface area (Å²) in [6.45, 7) is 2.88. The first-order chi connectivity index (χ1) is 12.4. The molecular weight excluding hydrogens is 377 g/mol. The number of rotatable bonds is 8. The number of guanidine groups is 1. The van der Waals surface area contributed by atoms with Gasteiger partial charge in [0.25, 0.3) is 0 Å². The Morgan fingerprint density at radius 2 is 2.00 bits per heavy atom. The van der Waals surface area contributed by atoms with Crippen LogP contribution in [-0.2, 0) is 16.4 Å². The van der Waals surface area contributed by atoms with Crippen LogP contribution >= 0.6 is 11.3 Å². The van der Waals surface area contributed by atoms with Gasteiger partial charge in [0.15, 0.2) is 15.8 Å². The molecule has 2 aromatic rings. The number of aliphatic hydroxyl groups excluding tert-OH is 1. The summed E-state index contributed by atoms with van der Waals surface area (Å²) in [6, 6.07) is 9.20. The molecule has 0 fully saturated rings. The van der Waals surface area contributed by atoms with Crippen molar-refractivity contribution in [2.45, 2.75) is 23.8 Å². The minimum Gasteiger partial charge on any atom is -0.390 e. The van der Waals surface area contributed by atoms with E-state index in [1.807, 2.05) is 6.92 Å². The van der Waals surface area contributed by atoms with Crippen LogP contribution in [0.25, 0.3) is 0 Å². The number of hydrogen-bond acceptors (Lipinski definition) is 5. The van der Waals surface area contributed by atoms with Crippen molar-refractivity contribution in [1.29, 1.82) is 0 Å². The lowest BCUT2D eigenvalue weighted by Crippen LogP contribution is -2.42. The zero-order valence-electron chi connectivity index (χ0n) is 14.4. The SMILES string of the molecule is CCNC(=NCc1ccc(F)cc1)NCC(O)CS(=O)(=O)c1cccs1. The summed E-state index contributed by atoms with van der Waals surface area (Å²) in [6.07, 6.45) is -1.07. The van der Waals surface area contributed by atoms with Gasteiger partial charge < -0.3 is 15.7 Å². The van der Waals surface area contributed by atoms with Gasteiger partial charge in [-0.2, -0.15) is 0 Å². The number of aliphatic hydroxyl groups is 1. The van der Waals surface area contributed by atoms with Crippen molar-refractivity contribution in [2.75, 3.05) is 18.8 Å². The number of halogens is 1. The number of nitrogens with one attached hydrogen (secondary N) is 2. The molecule has 1 aromatic carbocycles. The second-order valence-electron chi connectivity index (χ2n) is 5.57. The Hall–Kier alpha value is -1.97. The fourth-order valence-corrected chi connectivity index (χ4v) is 4.63. The minimum atomic E-state index is -3.50. The van der Waals surface area contributed by atoms with E-state index in [9.17, 15) is 17.9 Å². The first kappa shape index (κ1) is 20.3. The first-order valence-corrected chi connectivity index (χ1v) is 10.6. The maximum absolute atomic E-state index is 12.9. The van der Waals surface area contributed by atoms with Gasteiger partial charge in [-0.1, -0.05) is 18.2 Å². The Morgan fingerprint density at radius 3 is 2.62 bits per heavy atom. The molecule has 9 heteroatoms. The topological polar surface area (TPSA) is 90.8 Å². The normalized spacial score (nSPS) is 13.4. The van der Waals surface area contributed by atoms with Crippen LogP contribution in [0.15, 0.2) is 51.0 Å². The molecule has 6 nitrogen and oxygen atoms in total. The molecule has 26 heavy (non-hydrogen) atoms. The van der Waals surface area contributed by atoms with Gasteiger partial charge >= 0.3 is 0 Å². The number of benzene rings is 1. The van der Waals surface area contributed by atoms with Gasteiger partial charge in [-0.3, -0.25) is 0 Å². The summed E-state index contributed by atoms with van der Waals surface area (Å²) in [7, 11) is -3.50. The molecule has 0 spiro atoms. The van der Waals surface area contributed by atoms with E-state index in [1.165, 1.54) is 18.2 Å². The summed E-state index contributed by atoms with van der Waals surface area (Å²) in [5, 5.41) is 17.7. The number of sulfone groups is 1. The van der Waals surface area contributed by atoms with Gasteiger partial charge in [-0.25, -0.2) is 17.8 Å². The number of aliphatic imine (C=N–C) groups is 1. The zero-order valence-corrected chi connectivity index (χ0v) is 16.0. The third-order valence-electron chi connectivity index (χ3n) is 3.40. The molecule has 0 saturated carbocycles. The van der Waals surface area contributed by atoms with Crippen LogP contribution in [0.1, 0.15) is 12.5 Å². The molecule has 0 aliphatic carbocycles. The standard InChI is InChI=1S/C17H22FN3O3S2/c1-2-19-17(20-10-13-5-7-14(18)8-6-13)21-11-15(22)12-26(23,24)16-4-3-9-25-16/h3-9,15,22H,2,10-12H2,1H3,(H2,19,20,21). The largest absolute Gasteiger partial charge is 0.390 e. The smallest absolute Gasteiger partial charge is 0.191 e. The minimum absolute atomic E-state index is 0.0415. The highest BCUT2D eigenvalue weighted by Gasteiger charge is 2.20. The second-order valence-corrected chi connectivity index (χ2v) is 8.78. The highest BCUT2D eigenvalue weighted by Crippen LogP contribution is 2.18. The third kappa shape index (κ3) is 6.40. The van der Waals surface area contributed by atoms with Crippen LogP contribution < -0.4 is 10.6 Å². The summed E-state index contributed by atoms with van der Waals surface area (Å²) < 4.78 is 37.5. The van der Waals surface area contributed by atoms with Crippen LogP contribution in [0.5, 0.6) is 0 Å². The van der Waals surface area contributed by atoms with E-state index in [0.717, 1.165) is 16.9 Å². The quantitative estimate of drug-likeness (QED) is 0.465. The highest BCUT2D eigenvalue weighted by atomic mass is 32.2. The Balaban J connectivity index is 1.90. The fourth-order valence-electron chi connectivity index (χ4n) is 2.15. The van der Waals surface area contributed by atoms with Crippen molar-refractivity contribution in [3.63, 3.8) is 0 Å². The van der Waals surface area contributed by atoms with Gasteiger partial charge in [0, 0.05) is 13.1 Å². The van der Waals surface area contributed by atoms with Gasteiger partial charge in [0.2, 0.25) is 0 Å². The molecule has 0 radical (unpaired) electrons. The molecule has 3 N–H and O–H groups in total. The van der Waals surface area contributed by atoms with Crippen LogP contribution in [0, 0.1) is 5.82 Å². The molecule has 1 atom stereocenters. The molecule has 0 amide bonds. The molecule has 2 rings (SSSR count).